The predicted molar refractivity (Wildman–Crippen MR) is 117 cm³/mol. The summed E-state index contributed by atoms with van der Waals surface area (Å²) >= 11 is 6.16. The Balaban J connectivity index is 1.51. The Morgan fingerprint density at radius 1 is 1.00 bits per heavy atom. The van der Waals surface area contributed by atoms with Crippen LogP contribution in [0.15, 0.2) is 72.9 Å². The predicted octanol–water partition coefficient (Wildman–Crippen LogP) is 6.37. The van der Waals surface area contributed by atoms with Crippen LogP contribution in [0.3, 0.4) is 0 Å². The third-order valence-electron chi connectivity index (χ3n) is 4.75. The van der Waals surface area contributed by atoms with Crippen LogP contribution >= 0.6 is 11.6 Å². The molecule has 4 aromatic rings. The number of hydrogen-bond acceptors (Lipinski definition) is 4. The summed E-state index contributed by atoms with van der Waals surface area (Å²) in [6.07, 6.45) is 2.56. The van der Waals surface area contributed by atoms with Gasteiger partial charge >= 0.3 is 0 Å². The van der Waals surface area contributed by atoms with E-state index in [2.05, 4.69) is 17.1 Å². The van der Waals surface area contributed by atoms with E-state index in [1.54, 1.807) is 24.4 Å². The van der Waals surface area contributed by atoms with Gasteiger partial charge in [-0.05, 0) is 42.3 Å². The minimum Gasteiger partial charge on any atom is -0.507 e. The molecule has 1 aromatic heterocycles. The van der Waals surface area contributed by atoms with Crippen LogP contribution in [0.4, 0.5) is 0 Å². The monoisotopic (exact) mass is 420 g/mol. The average Bonchev–Trinajstić information content (AvgIpc) is 3.21. The first-order chi connectivity index (χ1) is 14.6. The molecule has 0 bridgehead atoms. The van der Waals surface area contributed by atoms with Gasteiger partial charge < -0.3 is 14.6 Å². The Kier molecular flexibility index (Phi) is 5.91. The highest BCUT2D eigenvalue weighted by molar-refractivity contribution is 6.31. The number of halogens is 1. The van der Waals surface area contributed by atoms with Crippen molar-refractivity contribution in [1.82, 2.24) is 10.2 Å². The fraction of sp³-hybridized carbons (Fsp3) is 0.125. The molecule has 0 aliphatic carbocycles. The third-order valence-corrected chi connectivity index (χ3v) is 5.12. The van der Waals surface area contributed by atoms with E-state index in [1.165, 1.54) is 5.56 Å². The van der Waals surface area contributed by atoms with E-state index >= 15 is 0 Å². The number of hydrogen-bond donors (Lipinski definition) is 2. The van der Waals surface area contributed by atoms with Crippen LogP contribution in [0.2, 0.25) is 5.02 Å². The Hall–Kier alpha value is -3.44. The number of aromatic nitrogens is 2. The van der Waals surface area contributed by atoms with Gasteiger partial charge in [0.1, 0.15) is 29.5 Å². The molecule has 30 heavy (non-hydrogen) atoms. The third kappa shape index (κ3) is 4.42. The van der Waals surface area contributed by atoms with E-state index in [-0.39, 0.29) is 5.75 Å². The number of phenols is 1. The van der Waals surface area contributed by atoms with E-state index in [0.29, 0.717) is 40.1 Å². The molecule has 0 saturated heterocycles. The molecule has 6 heteroatoms. The normalized spacial score (nSPS) is 10.7. The molecule has 0 atom stereocenters. The van der Waals surface area contributed by atoms with Gasteiger partial charge in [0.05, 0.1) is 6.20 Å². The molecule has 3 aromatic carbocycles. The van der Waals surface area contributed by atoms with Gasteiger partial charge in [-0.15, -0.1) is 0 Å². The summed E-state index contributed by atoms with van der Waals surface area (Å²) in [4.78, 5) is 0. The van der Waals surface area contributed by atoms with Crippen molar-refractivity contribution in [2.24, 2.45) is 0 Å². The topological polar surface area (TPSA) is 67.4 Å². The average molecular weight is 421 g/mol. The number of phenolic OH excluding ortho intramolecular Hbond substituents is 1. The summed E-state index contributed by atoms with van der Waals surface area (Å²) in [5.74, 6) is 1.82. The summed E-state index contributed by atoms with van der Waals surface area (Å²) in [7, 11) is 0. The Labute approximate surface area is 179 Å². The SMILES string of the molecule is CCc1ccc(Oc2cn[nH]c2-c2ccc(OCc3ccccc3Cl)cc2O)cc1. The van der Waals surface area contributed by atoms with Crippen molar-refractivity contribution in [1.29, 1.82) is 0 Å². The first kappa shape index (κ1) is 19.9. The molecule has 5 nitrogen and oxygen atoms in total. The lowest BCUT2D eigenvalue weighted by Gasteiger charge is -2.11. The number of ether oxygens (including phenoxy) is 2. The van der Waals surface area contributed by atoms with Crippen molar-refractivity contribution >= 4 is 11.6 Å². The number of aromatic hydroxyl groups is 1. The molecule has 4 rings (SSSR count). The van der Waals surface area contributed by atoms with Gasteiger partial charge in [0.25, 0.3) is 0 Å². The lowest BCUT2D eigenvalue weighted by atomic mass is 10.1. The van der Waals surface area contributed by atoms with Crippen LogP contribution in [-0.4, -0.2) is 15.3 Å². The quantitative estimate of drug-likeness (QED) is 0.364. The van der Waals surface area contributed by atoms with Gasteiger partial charge in [0.2, 0.25) is 0 Å². The molecule has 0 spiro atoms. The first-order valence-corrected chi connectivity index (χ1v) is 10.0. The van der Waals surface area contributed by atoms with Gasteiger partial charge in [0, 0.05) is 22.2 Å². The molecular weight excluding hydrogens is 400 g/mol. The lowest BCUT2D eigenvalue weighted by molar-refractivity contribution is 0.304. The zero-order chi connectivity index (χ0) is 20.9. The first-order valence-electron chi connectivity index (χ1n) is 9.64. The molecule has 0 unspecified atom stereocenters. The van der Waals surface area contributed by atoms with Gasteiger partial charge in [0.15, 0.2) is 5.75 Å². The lowest BCUT2D eigenvalue weighted by Crippen LogP contribution is -1.96. The van der Waals surface area contributed by atoms with E-state index in [1.807, 2.05) is 48.5 Å². The summed E-state index contributed by atoms with van der Waals surface area (Å²) < 4.78 is 11.7. The molecular formula is C24H21ClN2O3. The molecule has 0 saturated carbocycles. The summed E-state index contributed by atoms with van der Waals surface area (Å²) in [6, 6.07) is 20.5. The molecule has 0 aliphatic heterocycles. The highest BCUT2D eigenvalue weighted by Gasteiger charge is 2.15. The minimum atomic E-state index is 0.0575. The maximum atomic E-state index is 10.6. The Morgan fingerprint density at radius 2 is 1.77 bits per heavy atom. The highest BCUT2D eigenvalue weighted by Crippen LogP contribution is 2.38. The van der Waals surface area contributed by atoms with E-state index in [9.17, 15) is 5.11 Å². The van der Waals surface area contributed by atoms with Crippen molar-refractivity contribution in [3.63, 3.8) is 0 Å². The molecule has 0 aliphatic rings. The summed E-state index contributed by atoms with van der Waals surface area (Å²) in [6.45, 7) is 2.42. The fourth-order valence-corrected chi connectivity index (χ4v) is 3.25. The zero-order valence-corrected chi connectivity index (χ0v) is 17.2. The van der Waals surface area contributed by atoms with Crippen LogP contribution in [0.5, 0.6) is 23.0 Å². The fourth-order valence-electron chi connectivity index (χ4n) is 3.05. The number of benzene rings is 3. The molecule has 0 fully saturated rings. The molecule has 0 radical (unpaired) electrons. The van der Waals surface area contributed by atoms with Crippen molar-refractivity contribution < 1.29 is 14.6 Å². The Morgan fingerprint density at radius 3 is 2.50 bits per heavy atom. The van der Waals surface area contributed by atoms with Gasteiger partial charge in [-0.2, -0.15) is 5.10 Å². The summed E-state index contributed by atoms with van der Waals surface area (Å²) in [5, 5.41) is 18.2. The maximum absolute atomic E-state index is 10.6. The highest BCUT2D eigenvalue weighted by atomic mass is 35.5. The standard InChI is InChI=1S/C24H21ClN2O3/c1-2-16-7-9-18(10-8-16)30-23-14-26-27-24(23)20-12-11-19(13-22(20)28)29-15-17-5-3-4-6-21(17)25/h3-14,28H,2,15H2,1H3,(H,26,27). The smallest absolute Gasteiger partial charge is 0.173 e. The second-order valence-electron chi connectivity index (χ2n) is 6.77. The zero-order valence-electron chi connectivity index (χ0n) is 16.4. The van der Waals surface area contributed by atoms with Crippen LogP contribution in [0.1, 0.15) is 18.1 Å². The molecule has 1 heterocycles. The van der Waals surface area contributed by atoms with E-state index in [4.69, 9.17) is 21.1 Å². The number of nitrogens with zero attached hydrogens (tertiary/aromatic N) is 1. The molecule has 152 valence electrons. The number of nitrogens with one attached hydrogen (secondary N) is 1. The van der Waals surface area contributed by atoms with Crippen LogP contribution in [0, 0.1) is 0 Å². The van der Waals surface area contributed by atoms with Gasteiger partial charge in [-0.3, -0.25) is 5.10 Å². The van der Waals surface area contributed by atoms with Gasteiger partial charge in [-0.25, -0.2) is 0 Å². The second-order valence-corrected chi connectivity index (χ2v) is 7.18. The Bertz CT molecular complexity index is 1140. The van der Waals surface area contributed by atoms with Crippen molar-refractivity contribution in [3.05, 3.63) is 89.1 Å². The van der Waals surface area contributed by atoms with Crippen LogP contribution in [-0.2, 0) is 13.0 Å². The van der Waals surface area contributed by atoms with Crippen molar-refractivity contribution in [3.8, 4) is 34.3 Å². The van der Waals surface area contributed by atoms with Crippen LogP contribution < -0.4 is 9.47 Å². The maximum Gasteiger partial charge on any atom is 0.173 e. The number of H-pyrrole nitrogens is 1. The largest absolute Gasteiger partial charge is 0.507 e. The molecule has 2 N–H and O–H groups in total. The number of rotatable bonds is 7. The number of aryl methyl sites for hydroxylation is 1. The molecule has 0 amide bonds. The second kappa shape index (κ2) is 8.93. The number of aromatic amines is 1. The van der Waals surface area contributed by atoms with E-state index < -0.39 is 0 Å². The van der Waals surface area contributed by atoms with Crippen molar-refractivity contribution in [2.75, 3.05) is 0 Å². The van der Waals surface area contributed by atoms with Crippen molar-refractivity contribution in [2.45, 2.75) is 20.0 Å². The van der Waals surface area contributed by atoms with Crippen LogP contribution in [0.25, 0.3) is 11.3 Å². The van der Waals surface area contributed by atoms with E-state index in [0.717, 1.165) is 12.0 Å². The van der Waals surface area contributed by atoms with Gasteiger partial charge in [-0.1, -0.05) is 48.9 Å². The minimum absolute atomic E-state index is 0.0575. The summed E-state index contributed by atoms with van der Waals surface area (Å²) in [5.41, 5.74) is 3.27.